The van der Waals surface area contributed by atoms with Gasteiger partial charge in [0.15, 0.2) is 0 Å². The summed E-state index contributed by atoms with van der Waals surface area (Å²) in [6, 6.07) is 1.92. The van der Waals surface area contributed by atoms with Crippen LogP contribution < -0.4 is 0 Å². The smallest absolute Gasteiger partial charge is 0.272 e. The van der Waals surface area contributed by atoms with E-state index in [0.717, 1.165) is 63.1 Å². The number of hydrogen-bond donors (Lipinski definition) is 0. The molecule has 7 heteroatoms. The Kier molecular flexibility index (Phi) is 6.06. The number of aryl methyl sites for hydroxylation is 3. The van der Waals surface area contributed by atoms with E-state index in [-0.39, 0.29) is 5.91 Å². The van der Waals surface area contributed by atoms with Crippen LogP contribution >= 0.6 is 0 Å². The molecular weight excluding hydrogens is 328 g/mol. The van der Waals surface area contributed by atoms with Gasteiger partial charge in [-0.1, -0.05) is 25.5 Å². The molecule has 26 heavy (non-hydrogen) atoms. The van der Waals surface area contributed by atoms with Gasteiger partial charge in [0, 0.05) is 32.9 Å². The van der Waals surface area contributed by atoms with E-state index >= 15 is 0 Å². The Morgan fingerprint density at radius 2 is 2.15 bits per heavy atom. The Bertz CT molecular complexity index is 734. The molecule has 0 radical (unpaired) electrons. The molecule has 3 rings (SSSR count). The zero-order chi connectivity index (χ0) is 18.5. The molecule has 1 amide bonds. The Hall–Kier alpha value is -2.18. The molecule has 7 nitrogen and oxygen atoms in total. The number of hydrogen-bond acceptors (Lipinski definition) is 4. The number of unbranched alkanes of at least 4 members (excludes halogenated alkanes) is 1. The summed E-state index contributed by atoms with van der Waals surface area (Å²) in [6.07, 6.45) is 8.37. The van der Waals surface area contributed by atoms with E-state index in [1.54, 1.807) is 4.68 Å². The molecular formula is C19H30N6O. The van der Waals surface area contributed by atoms with Crippen LogP contribution in [0.5, 0.6) is 0 Å². The fourth-order valence-electron chi connectivity index (χ4n) is 3.62. The van der Waals surface area contributed by atoms with E-state index in [2.05, 4.69) is 35.5 Å². The highest BCUT2D eigenvalue weighted by Gasteiger charge is 2.27. The second kappa shape index (κ2) is 8.47. The normalized spacial score (nSPS) is 17.7. The molecule has 2 aromatic heterocycles. The third-order valence-electron chi connectivity index (χ3n) is 5.14. The fraction of sp³-hybridized carbons (Fsp3) is 0.684. The van der Waals surface area contributed by atoms with Crippen LogP contribution in [0.1, 0.15) is 61.4 Å². The summed E-state index contributed by atoms with van der Waals surface area (Å²) >= 11 is 0. The average Bonchev–Trinajstić information content (AvgIpc) is 3.25. The predicted molar refractivity (Wildman–Crippen MR) is 99.8 cm³/mol. The van der Waals surface area contributed by atoms with E-state index in [9.17, 15) is 4.79 Å². The average molecular weight is 358 g/mol. The molecule has 0 aromatic carbocycles. The molecule has 1 aliphatic rings. The molecule has 1 unspecified atom stereocenters. The number of aromatic nitrogens is 5. The van der Waals surface area contributed by atoms with Crippen LogP contribution in [-0.4, -0.2) is 48.7 Å². The molecule has 1 saturated heterocycles. The molecule has 0 N–H and O–H groups in total. The van der Waals surface area contributed by atoms with Gasteiger partial charge >= 0.3 is 0 Å². The van der Waals surface area contributed by atoms with Gasteiger partial charge in [0.25, 0.3) is 5.91 Å². The molecule has 2 aromatic rings. The van der Waals surface area contributed by atoms with Gasteiger partial charge in [0.05, 0.1) is 11.4 Å². The van der Waals surface area contributed by atoms with Gasteiger partial charge in [-0.25, -0.2) is 0 Å². The molecule has 142 valence electrons. The van der Waals surface area contributed by atoms with E-state index in [4.69, 9.17) is 0 Å². The predicted octanol–water partition coefficient (Wildman–Crippen LogP) is 2.47. The van der Waals surface area contributed by atoms with E-state index in [1.807, 2.05) is 22.7 Å². The lowest BCUT2D eigenvalue weighted by Crippen LogP contribution is -2.41. The van der Waals surface area contributed by atoms with Crippen molar-refractivity contribution in [3.8, 4) is 0 Å². The quantitative estimate of drug-likeness (QED) is 0.762. The molecule has 1 fully saturated rings. The lowest BCUT2D eigenvalue weighted by Gasteiger charge is -2.32. The maximum atomic E-state index is 12.9. The third-order valence-corrected chi connectivity index (χ3v) is 5.14. The molecule has 0 saturated carbocycles. The van der Waals surface area contributed by atoms with Crippen LogP contribution in [-0.2, 0) is 26.4 Å². The highest BCUT2D eigenvalue weighted by molar-refractivity contribution is 5.92. The summed E-state index contributed by atoms with van der Waals surface area (Å²) in [5.74, 6) is 0.513. The standard InChI is InChI=1S/C19H30N6O/c1-4-6-9-17-14-25(22-20-17)13-15-8-7-10-24(12-15)19(26)18-11-16(5-2)21-23(18)3/h11,14-15H,4-10,12-13H2,1-3H3. The van der Waals surface area contributed by atoms with Crippen molar-refractivity contribution in [2.24, 2.45) is 13.0 Å². The van der Waals surface area contributed by atoms with Gasteiger partial charge in [-0.05, 0) is 44.1 Å². The molecule has 0 aliphatic carbocycles. The Morgan fingerprint density at radius 1 is 1.31 bits per heavy atom. The zero-order valence-corrected chi connectivity index (χ0v) is 16.2. The largest absolute Gasteiger partial charge is 0.337 e. The monoisotopic (exact) mass is 358 g/mol. The minimum atomic E-state index is 0.0895. The Balaban J connectivity index is 1.60. The van der Waals surface area contributed by atoms with Crippen molar-refractivity contribution in [1.82, 2.24) is 29.7 Å². The maximum absolute atomic E-state index is 12.9. The van der Waals surface area contributed by atoms with Gasteiger partial charge in [-0.15, -0.1) is 5.10 Å². The van der Waals surface area contributed by atoms with Crippen LogP contribution in [0.25, 0.3) is 0 Å². The number of piperidine rings is 1. The number of likely N-dealkylation sites (tertiary alicyclic amines) is 1. The van der Waals surface area contributed by atoms with E-state index in [0.29, 0.717) is 11.6 Å². The Morgan fingerprint density at radius 3 is 2.88 bits per heavy atom. The first kappa shape index (κ1) is 18.6. The SMILES string of the molecule is CCCCc1cn(CC2CCCN(C(=O)c3cc(CC)nn3C)C2)nn1. The number of carbonyl (C=O) groups excluding carboxylic acids is 1. The minimum absolute atomic E-state index is 0.0895. The summed E-state index contributed by atoms with van der Waals surface area (Å²) in [5, 5.41) is 12.9. The lowest BCUT2D eigenvalue weighted by atomic mass is 9.97. The topological polar surface area (TPSA) is 68.8 Å². The van der Waals surface area contributed by atoms with Crippen molar-refractivity contribution >= 4 is 5.91 Å². The van der Waals surface area contributed by atoms with Crippen molar-refractivity contribution in [1.29, 1.82) is 0 Å². The van der Waals surface area contributed by atoms with Crippen LogP contribution in [0.15, 0.2) is 12.3 Å². The van der Waals surface area contributed by atoms with Gasteiger partial charge in [-0.2, -0.15) is 5.10 Å². The number of amides is 1. The number of carbonyl (C=O) groups is 1. The van der Waals surface area contributed by atoms with E-state index in [1.165, 1.54) is 6.42 Å². The van der Waals surface area contributed by atoms with Crippen LogP contribution in [0.3, 0.4) is 0 Å². The summed E-state index contributed by atoms with van der Waals surface area (Å²) in [6.45, 7) is 6.66. The summed E-state index contributed by atoms with van der Waals surface area (Å²) < 4.78 is 3.66. The van der Waals surface area contributed by atoms with Gasteiger partial charge in [-0.3, -0.25) is 14.2 Å². The van der Waals surface area contributed by atoms with Crippen LogP contribution in [0, 0.1) is 5.92 Å². The summed E-state index contributed by atoms with van der Waals surface area (Å²) in [7, 11) is 1.85. The molecule has 1 aliphatic heterocycles. The first-order valence-electron chi connectivity index (χ1n) is 9.81. The number of rotatable bonds is 7. The van der Waals surface area contributed by atoms with Gasteiger partial charge in [0.2, 0.25) is 0 Å². The highest BCUT2D eigenvalue weighted by Crippen LogP contribution is 2.20. The van der Waals surface area contributed by atoms with Gasteiger partial charge < -0.3 is 4.90 Å². The summed E-state index contributed by atoms with van der Waals surface area (Å²) in [4.78, 5) is 14.9. The zero-order valence-electron chi connectivity index (χ0n) is 16.2. The Labute approximate surface area is 155 Å². The van der Waals surface area contributed by atoms with E-state index < -0.39 is 0 Å². The maximum Gasteiger partial charge on any atom is 0.272 e. The van der Waals surface area contributed by atoms with Crippen molar-refractivity contribution in [3.63, 3.8) is 0 Å². The second-order valence-electron chi connectivity index (χ2n) is 7.29. The van der Waals surface area contributed by atoms with Crippen LogP contribution in [0.4, 0.5) is 0 Å². The molecule has 0 bridgehead atoms. The number of nitrogens with zero attached hydrogens (tertiary/aromatic N) is 6. The van der Waals surface area contributed by atoms with Crippen molar-refractivity contribution in [2.75, 3.05) is 13.1 Å². The first-order chi connectivity index (χ1) is 12.6. The van der Waals surface area contributed by atoms with Gasteiger partial charge in [0.1, 0.15) is 5.69 Å². The second-order valence-corrected chi connectivity index (χ2v) is 7.29. The molecule has 1 atom stereocenters. The van der Waals surface area contributed by atoms with Crippen molar-refractivity contribution in [3.05, 3.63) is 29.3 Å². The summed E-state index contributed by atoms with van der Waals surface area (Å²) in [5.41, 5.74) is 2.72. The van der Waals surface area contributed by atoms with Crippen molar-refractivity contribution in [2.45, 2.75) is 58.9 Å². The van der Waals surface area contributed by atoms with Crippen LogP contribution in [0.2, 0.25) is 0 Å². The first-order valence-corrected chi connectivity index (χ1v) is 9.81. The fourth-order valence-corrected chi connectivity index (χ4v) is 3.62. The minimum Gasteiger partial charge on any atom is -0.337 e. The van der Waals surface area contributed by atoms with Crippen molar-refractivity contribution < 1.29 is 4.79 Å². The highest BCUT2D eigenvalue weighted by atomic mass is 16.2. The molecule has 0 spiro atoms. The lowest BCUT2D eigenvalue weighted by molar-refractivity contribution is 0.0648. The third kappa shape index (κ3) is 4.31. The molecule has 3 heterocycles.